The molecule has 21 heavy (non-hydrogen) atoms. The summed E-state index contributed by atoms with van der Waals surface area (Å²) in [6, 6.07) is 4.60. The Kier molecular flexibility index (Phi) is 3.89. The van der Waals surface area contributed by atoms with Crippen molar-refractivity contribution in [2.45, 2.75) is 51.4 Å². The lowest BCUT2D eigenvalue weighted by atomic mass is 9.97. The first-order valence-corrected chi connectivity index (χ1v) is 6.93. The van der Waals surface area contributed by atoms with Crippen LogP contribution < -0.4 is 9.47 Å². The molecule has 0 radical (unpaired) electrons. The van der Waals surface area contributed by atoms with E-state index in [0.717, 1.165) is 6.42 Å². The van der Waals surface area contributed by atoms with Gasteiger partial charge in [-0.15, -0.1) is 0 Å². The minimum atomic E-state index is -0.995. The van der Waals surface area contributed by atoms with Gasteiger partial charge in [-0.25, -0.2) is 4.79 Å². The number of carboxylic acid groups (broad SMARTS) is 1. The van der Waals surface area contributed by atoms with E-state index in [1.807, 2.05) is 27.7 Å². The molecule has 1 unspecified atom stereocenters. The topological polar surface area (TPSA) is 65.0 Å². The van der Waals surface area contributed by atoms with E-state index in [4.69, 9.17) is 19.3 Å². The fourth-order valence-electron chi connectivity index (χ4n) is 2.75. The number of ether oxygens (including phenoxy) is 3. The van der Waals surface area contributed by atoms with Crippen molar-refractivity contribution in [1.29, 1.82) is 0 Å². The molecule has 2 rings (SSSR count). The molecule has 1 aliphatic rings. The molecule has 0 amide bonds. The molecule has 1 fully saturated rings. The molecule has 0 saturated carbocycles. The number of carbonyl (C=O) groups is 1. The normalized spacial score (nSPS) is 22.8. The van der Waals surface area contributed by atoms with E-state index >= 15 is 0 Å². The molecule has 1 aromatic rings. The lowest BCUT2D eigenvalue weighted by Gasteiger charge is -2.27. The third-order valence-electron chi connectivity index (χ3n) is 3.67. The summed E-state index contributed by atoms with van der Waals surface area (Å²) in [4.78, 5) is 11.0. The fourth-order valence-corrected chi connectivity index (χ4v) is 2.75. The van der Waals surface area contributed by atoms with Crippen LogP contribution >= 0.6 is 0 Å². The van der Waals surface area contributed by atoms with Crippen LogP contribution in [0.3, 0.4) is 0 Å². The second kappa shape index (κ2) is 5.22. The van der Waals surface area contributed by atoms with E-state index in [2.05, 4.69) is 0 Å². The van der Waals surface area contributed by atoms with Gasteiger partial charge < -0.3 is 19.3 Å². The minimum Gasteiger partial charge on any atom is -0.493 e. The van der Waals surface area contributed by atoms with Crippen LogP contribution in [0.4, 0.5) is 0 Å². The van der Waals surface area contributed by atoms with E-state index in [1.165, 1.54) is 19.2 Å². The molecule has 0 aromatic heterocycles. The Morgan fingerprint density at radius 2 is 1.95 bits per heavy atom. The molecule has 1 aliphatic heterocycles. The second-order valence-electron chi connectivity index (χ2n) is 6.45. The van der Waals surface area contributed by atoms with E-state index in [-0.39, 0.29) is 17.3 Å². The van der Waals surface area contributed by atoms with Crippen LogP contribution in [0.5, 0.6) is 11.5 Å². The third kappa shape index (κ3) is 3.29. The van der Waals surface area contributed by atoms with E-state index in [0.29, 0.717) is 11.5 Å². The average molecular weight is 294 g/mol. The SMILES string of the molecule is COc1cc(C(=O)O)ccc1OC1CC(C)(C)OC1(C)C. The van der Waals surface area contributed by atoms with Crippen molar-refractivity contribution in [3.05, 3.63) is 23.8 Å². The molecular weight excluding hydrogens is 272 g/mol. The van der Waals surface area contributed by atoms with Gasteiger partial charge in [0.1, 0.15) is 11.7 Å². The highest BCUT2D eigenvalue weighted by Gasteiger charge is 2.47. The zero-order valence-corrected chi connectivity index (χ0v) is 13.1. The van der Waals surface area contributed by atoms with Crippen LogP contribution in [0.15, 0.2) is 18.2 Å². The molecule has 0 spiro atoms. The Morgan fingerprint density at radius 1 is 1.29 bits per heavy atom. The quantitative estimate of drug-likeness (QED) is 0.924. The summed E-state index contributed by atoms with van der Waals surface area (Å²) in [6.07, 6.45) is 0.626. The number of aromatic carboxylic acids is 1. The second-order valence-corrected chi connectivity index (χ2v) is 6.45. The largest absolute Gasteiger partial charge is 0.493 e. The number of methoxy groups -OCH3 is 1. The number of hydrogen-bond acceptors (Lipinski definition) is 4. The molecule has 1 heterocycles. The number of benzene rings is 1. The Hall–Kier alpha value is -1.75. The first kappa shape index (κ1) is 15.6. The first-order chi connectivity index (χ1) is 9.64. The van der Waals surface area contributed by atoms with E-state index in [1.54, 1.807) is 6.07 Å². The maximum atomic E-state index is 11.0. The highest BCUT2D eigenvalue weighted by Crippen LogP contribution is 2.41. The van der Waals surface area contributed by atoms with E-state index in [9.17, 15) is 4.79 Å². The number of carboxylic acids is 1. The summed E-state index contributed by atoms with van der Waals surface area (Å²) in [5, 5.41) is 9.02. The number of hydrogen-bond donors (Lipinski definition) is 1. The number of rotatable bonds is 4. The molecule has 0 aliphatic carbocycles. The molecule has 1 N–H and O–H groups in total. The van der Waals surface area contributed by atoms with Gasteiger partial charge in [0.05, 0.1) is 18.3 Å². The average Bonchev–Trinajstić information content (AvgIpc) is 2.57. The van der Waals surface area contributed by atoms with Gasteiger partial charge >= 0.3 is 5.97 Å². The van der Waals surface area contributed by atoms with Gasteiger partial charge in [-0.2, -0.15) is 0 Å². The zero-order chi connectivity index (χ0) is 15.8. The predicted molar refractivity (Wildman–Crippen MR) is 78.2 cm³/mol. The predicted octanol–water partition coefficient (Wildman–Crippen LogP) is 3.12. The Bertz CT molecular complexity index is 548. The lowest BCUT2D eigenvalue weighted by molar-refractivity contribution is -0.0847. The Balaban J connectivity index is 2.25. The summed E-state index contributed by atoms with van der Waals surface area (Å²) in [7, 11) is 1.49. The summed E-state index contributed by atoms with van der Waals surface area (Å²) >= 11 is 0. The summed E-state index contributed by atoms with van der Waals surface area (Å²) in [5.41, 5.74) is -0.496. The standard InChI is InChI=1S/C16H22O5/c1-15(2)9-13(16(3,4)21-15)20-11-7-6-10(14(17)18)8-12(11)19-5/h6-8,13H,9H2,1-5H3,(H,17,18). The van der Waals surface area contributed by atoms with Crippen LogP contribution in [0.1, 0.15) is 44.5 Å². The van der Waals surface area contributed by atoms with Gasteiger partial charge in [-0.3, -0.25) is 0 Å². The molecule has 1 saturated heterocycles. The van der Waals surface area contributed by atoms with Gasteiger partial charge in [0.2, 0.25) is 0 Å². The Morgan fingerprint density at radius 3 is 2.43 bits per heavy atom. The molecule has 5 heteroatoms. The van der Waals surface area contributed by atoms with Crippen molar-refractivity contribution in [3.63, 3.8) is 0 Å². The maximum absolute atomic E-state index is 11.0. The summed E-state index contributed by atoms with van der Waals surface area (Å²) < 4.78 is 17.3. The van der Waals surface area contributed by atoms with Crippen molar-refractivity contribution >= 4 is 5.97 Å². The third-order valence-corrected chi connectivity index (χ3v) is 3.67. The van der Waals surface area contributed by atoms with Gasteiger partial charge in [-0.1, -0.05) is 0 Å². The molecule has 5 nitrogen and oxygen atoms in total. The van der Waals surface area contributed by atoms with Crippen LogP contribution in [-0.2, 0) is 4.74 Å². The van der Waals surface area contributed by atoms with Crippen LogP contribution in [0.25, 0.3) is 0 Å². The highest BCUT2D eigenvalue weighted by molar-refractivity contribution is 5.88. The molecular formula is C16H22O5. The molecule has 0 bridgehead atoms. The summed E-state index contributed by atoms with van der Waals surface area (Å²) in [5.74, 6) is -0.0530. The van der Waals surface area contributed by atoms with Crippen molar-refractivity contribution in [3.8, 4) is 11.5 Å². The highest BCUT2D eigenvalue weighted by atomic mass is 16.6. The van der Waals surface area contributed by atoms with Gasteiger partial charge in [-0.05, 0) is 45.9 Å². The monoisotopic (exact) mass is 294 g/mol. The minimum absolute atomic E-state index is 0.128. The molecule has 1 aromatic carbocycles. The first-order valence-electron chi connectivity index (χ1n) is 6.93. The molecule has 116 valence electrons. The summed E-state index contributed by atoms with van der Waals surface area (Å²) in [6.45, 7) is 8.04. The fraction of sp³-hybridized carbons (Fsp3) is 0.562. The van der Waals surface area contributed by atoms with Gasteiger partial charge in [0, 0.05) is 6.42 Å². The Labute approximate surface area is 124 Å². The van der Waals surface area contributed by atoms with Gasteiger partial charge in [0.25, 0.3) is 0 Å². The molecule has 1 atom stereocenters. The zero-order valence-electron chi connectivity index (χ0n) is 13.1. The smallest absolute Gasteiger partial charge is 0.335 e. The van der Waals surface area contributed by atoms with Crippen LogP contribution in [-0.4, -0.2) is 35.5 Å². The van der Waals surface area contributed by atoms with Crippen molar-refractivity contribution in [1.82, 2.24) is 0 Å². The van der Waals surface area contributed by atoms with Crippen LogP contribution in [0, 0.1) is 0 Å². The van der Waals surface area contributed by atoms with Gasteiger partial charge in [0.15, 0.2) is 11.5 Å². The van der Waals surface area contributed by atoms with Crippen molar-refractivity contribution in [2.75, 3.05) is 7.11 Å². The van der Waals surface area contributed by atoms with Crippen molar-refractivity contribution in [2.24, 2.45) is 0 Å². The van der Waals surface area contributed by atoms with E-state index < -0.39 is 11.6 Å². The maximum Gasteiger partial charge on any atom is 0.335 e. The lowest BCUT2D eigenvalue weighted by Crippen LogP contribution is -2.36. The van der Waals surface area contributed by atoms with Crippen molar-refractivity contribution < 1.29 is 24.1 Å². The van der Waals surface area contributed by atoms with Crippen LogP contribution in [0.2, 0.25) is 0 Å².